The van der Waals surface area contributed by atoms with Crippen LogP contribution in [0.1, 0.15) is 15.9 Å². The molecule has 0 aliphatic rings. The summed E-state index contributed by atoms with van der Waals surface area (Å²) in [6.07, 6.45) is 2.22. The van der Waals surface area contributed by atoms with E-state index in [-0.39, 0.29) is 11.3 Å². The first kappa shape index (κ1) is 19.1. The topological polar surface area (TPSA) is 167 Å². The average molecular weight is 428 g/mol. The molecule has 0 bridgehead atoms. The smallest absolute Gasteiger partial charge is 0.328 e. The van der Waals surface area contributed by atoms with Crippen molar-refractivity contribution in [2.75, 3.05) is 0 Å². The van der Waals surface area contributed by atoms with Crippen LogP contribution in [0.4, 0.5) is 5.69 Å². The van der Waals surface area contributed by atoms with Crippen molar-refractivity contribution in [3.05, 3.63) is 59.7 Å². The zero-order valence-corrected chi connectivity index (χ0v) is 16.1. The quantitative estimate of drug-likeness (QED) is 0.285. The zero-order valence-electron chi connectivity index (χ0n) is 16.1. The number of carboxylic acid groups (broad SMARTS) is 1. The fourth-order valence-corrected chi connectivity index (χ4v) is 3.30. The van der Waals surface area contributed by atoms with Gasteiger partial charge in [-0.1, -0.05) is 30.3 Å². The van der Waals surface area contributed by atoms with Gasteiger partial charge in [-0.05, 0) is 28.9 Å². The molecule has 11 nitrogen and oxygen atoms in total. The van der Waals surface area contributed by atoms with E-state index in [2.05, 4.69) is 30.5 Å². The van der Waals surface area contributed by atoms with Crippen LogP contribution in [0.5, 0.6) is 5.75 Å². The van der Waals surface area contributed by atoms with Crippen molar-refractivity contribution >= 4 is 56.7 Å². The molecule has 5 aromatic rings. The monoisotopic (exact) mass is 428 g/mol. The number of hydrogen-bond acceptors (Lipinski definition) is 8. The molecule has 2 aromatic heterocycles. The molecule has 3 aromatic carbocycles. The Morgan fingerprint density at radius 3 is 2.66 bits per heavy atom. The van der Waals surface area contributed by atoms with Gasteiger partial charge in [0.15, 0.2) is 0 Å². The summed E-state index contributed by atoms with van der Waals surface area (Å²) in [6.45, 7) is 0. The van der Waals surface area contributed by atoms with Crippen LogP contribution in [0.25, 0.3) is 39.2 Å². The van der Waals surface area contributed by atoms with Crippen LogP contribution in [-0.2, 0) is 4.79 Å². The van der Waals surface area contributed by atoms with Gasteiger partial charge in [0.25, 0.3) is 5.91 Å². The number of carbonyl (C=O) groups is 2. The molecule has 2 heterocycles. The maximum absolute atomic E-state index is 12.6. The molecule has 5 rings (SSSR count). The molecule has 3 N–H and O–H groups in total. The number of aromatic amines is 1. The van der Waals surface area contributed by atoms with Crippen molar-refractivity contribution in [1.82, 2.24) is 20.3 Å². The van der Waals surface area contributed by atoms with E-state index in [4.69, 9.17) is 9.74 Å². The summed E-state index contributed by atoms with van der Waals surface area (Å²) < 4.78 is 4.79. The lowest BCUT2D eigenvalue weighted by Gasteiger charge is -2.01. The predicted molar refractivity (Wildman–Crippen MR) is 113 cm³/mol. The Bertz CT molecular complexity index is 1600. The van der Waals surface area contributed by atoms with Crippen molar-refractivity contribution in [3.8, 4) is 5.75 Å². The van der Waals surface area contributed by atoms with Crippen molar-refractivity contribution in [3.63, 3.8) is 0 Å². The number of fused-ring (bicyclic) bond motifs is 4. The highest BCUT2D eigenvalue weighted by atomic mass is 16.6. The lowest BCUT2D eigenvalue weighted by Crippen LogP contribution is -1.95. The molecule has 156 valence electrons. The Kier molecular flexibility index (Phi) is 4.40. The maximum Gasteiger partial charge on any atom is 0.328 e. The Morgan fingerprint density at radius 1 is 1.06 bits per heavy atom. The summed E-state index contributed by atoms with van der Waals surface area (Å²) >= 11 is 0. The number of benzene rings is 2. The molecule has 0 aliphatic heterocycles. The van der Waals surface area contributed by atoms with Crippen LogP contribution in [-0.4, -0.2) is 42.4 Å². The number of carboxylic acids is 1. The minimum atomic E-state index is -1.13. The van der Waals surface area contributed by atoms with E-state index in [1.54, 1.807) is 0 Å². The van der Waals surface area contributed by atoms with Crippen molar-refractivity contribution in [2.45, 2.75) is 0 Å². The van der Waals surface area contributed by atoms with Crippen molar-refractivity contribution in [2.24, 2.45) is 10.2 Å². The second-order valence-corrected chi connectivity index (χ2v) is 6.73. The maximum atomic E-state index is 12.6. The molecule has 0 spiro atoms. The average Bonchev–Trinajstić information content (AvgIpc) is 3.36. The minimum Gasteiger partial charge on any atom is -0.507 e. The van der Waals surface area contributed by atoms with Gasteiger partial charge in [0.1, 0.15) is 22.5 Å². The molecular weight excluding hydrogens is 416 g/mol. The van der Waals surface area contributed by atoms with Crippen LogP contribution in [0.2, 0.25) is 0 Å². The van der Waals surface area contributed by atoms with Crippen molar-refractivity contribution < 1.29 is 24.4 Å². The summed E-state index contributed by atoms with van der Waals surface area (Å²) in [4.78, 5) is 32.1. The van der Waals surface area contributed by atoms with E-state index >= 15 is 0 Å². The van der Waals surface area contributed by atoms with Gasteiger partial charge in [-0.25, -0.2) is 14.8 Å². The fourth-order valence-electron chi connectivity index (χ4n) is 3.30. The van der Waals surface area contributed by atoms with Crippen molar-refractivity contribution in [1.29, 1.82) is 0 Å². The van der Waals surface area contributed by atoms with E-state index in [1.165, 1.54) is 24.3 Å². The number of aromatic nitrogens is 4. The highest BCUT2D eigenvalue weighted by Crippen LogP contribution is 2.38. The summed E-state index contributed by atoms with van der Waals surface area (Å²) in [5.41, 5.74) is 2.24. The van der Waals surface area contributed by atoms with Gasteiger partial charge < -0.3 is 10.2 Å². The molecule has 0 aliphatic carbocycles. The van der Waals surface area contributed by atoms with Gasteiger partial charge >= 0.3 is 5.97 Å². The molecule has 1 amide bonds. The van der Waals surface area contributed by atoms with E-state index in [0.717, 1.165) is 11.5 Å². The van der Waals surface area contributed by atoms with Crippen LogP contribution in [0.15, 0.2) is 63.4 Å². The molecule has 0 unspecified atom stereocenters. The number of azo groups is 1. The number of nitrogens with zero attached hydrogens (tertiary/aromatic N) is 5. The van der Waals surface area contributed by atoms with E-state index in [1.807, 2.05) is 24.3 Å². The zero-order chi connectivity index (χ0) is 22.2. The number of rotatable bonds is 4. The molecule has 0 saturated heterocycles. The first-order valence-electron chi connectivity index (χ1n) is 9.23. The Morgan fingerprint density at radius 2 is 1.88 bits per heavy atom. The highest BCUT2D eigenvalue weighted by Gasteiger charge is 2.18. The number of phenolic OH excluding ortho intramolecular Hbond substituents is 1. The molecule has 0 atom stereocenters. The summed E-state index contributed by atoms with van der Waals surface area (Å²) in [5.74, 6) is -2.25. The fraction of sp³-hybridized carbons (Fsp3) is 0. The lowest BCUT2D eigenvalue weighted by atomic mass is 10.1. The SMILES string of the molecule is O=C(O)/C=C/c1ccc(C(=O)N=Nc2c3ccccc3c3nc4no[nH]c4nc23)c(O)c1. The van der Waals surface area contributed by atoms with Crippen LogP contribution >= 0.6 is 0 Å². The standard InChI is InChI=1S/C21H12N6O5/c28-14-9-10(6-8-15(29)30)5-7-13(14)21(31)25-24-17-12-4-2-1-3-11(12)16-18(17)23-20-19(22-16)26-32-27-20/h1-9,28H,(H,23,27)(H,29,30)/b8-6+,25-24?. The number of aromatic hydroxyl groups is 1. The first-order chi connectivity index (χ1) is 15.5. The normalized spacial score (nSPS) is 12.0. The predicted octanol–water partition coefficient (Wildman–Crippen LogP) is 3.98. The number of nitrogens with one attached hydrogen (secondary N) is 1. The second-order valence-electron chi connectivity index (χ2n) is 6.73. The number of carbonyl (C=O) groups excluding carboxylic acids is 1. The van der Waals surface area contributed by atoms with E-state index in [9.17, 15) is 14.7 Å². The number of hydrogen-bond donors (Lipinski definition) is 3. The first-order valence-corrected chi connectivity index (χ1v) is 9.23. The van der Waals surface area contributed by atoms with Gasteiger partial charge in [0, 0.05) is 16.8 Å². The number of H-pyrrole nitrogens is 1. The molecular formula is C21H12N6O5. The van der Waals surface area contributed by atoms with Gasteiger partial charge in [-0.3, -0.25) is 9.42 Å². The summed E-state index contributed by atoms with van der Waals surface area (Å²) in [5, 5.41) is 34.5. The third kappa shape index (κ3) is 3.23. The van der Waals surface area contributed by atoms with Gasteiger partial charge in [-0.15, -0.1) is 10.2 Å². The highest BCUT2D eigenvalue weighted by molar-refractivity contribution is 6.18. The minimum absolute atomic E-state index is 0.0813. The van der Waals surface area contributed by atoms with Gasteiger partial charge in [0.2, 0.25) is 11.3 Å². The van der Waals surface area contributed by atoms with Gasteiger partial charge in [-0.2, -0.15) is 5.16 Å². The summed E-state index contributed by atoms with van der Waals surface area (Å²) in [7, 11) is 0. The van der Waals surface area contributed by atoms with E-state index < -0.39 is 11.9 Å². The molecule has 0 radical (unpaired) electrons. The molecule has 0 fully saturated rings. The largest absolute Gasteiger partial charge is 0.507 e. The number of aliphatic carboxylic acids is 1. The van der Waals surface area contributed by atoms with E-state index in [0.29, 0.717) is 39.0 Å². The lowest BCUT2D eigenvalue weighted by molar-refractivity contribution is -0.131. The number of phenols is 1. The van der Waals surface area contributed by atoms with Crippen LogP contribution in [0.3, 0.4) is 0 Å². The van der Waals surface area contributed by atoms with Gasteiger partial charge in [0.05, 0.1) is 5.56 Å². The third-order valence-corrected chi connectivity index (χ3v) is 4.72. The van der Waals surface area contributed by atoms with Crippen LogP contribution < -0.4 is 0 Å². The Balaban J connectivity index is 1.56. The third-order valence-electron chi connectivity index (χ3n) is 4.72. The molecule has 32 heavy (non-hydrogen) atoms. The molecule has 0 saturated carbocycles. The number of amides is 1. The molecule has 11 heteroatoms. The summed E-state index contributed by atoms with van der Waals surface area (Å²) in [6, 6.07) is 11.4. The van der Waals surface area contributed by atoms with Crippen LogP contribution in [0, 0.1) is 0 Å². The Hall–Kier alpha value is -4.93. The second kappa shape index (κ2) is 7.40. The Labute approximate surface area is 177 Å².